The number of ether oxygens (including phenoxy) is 2. The molecule has 1 heterocycles. The van der Waals surface area contributed by atoms with Crippen LogP contribution in [0.2, 0.25) is 0 Å². The number of nitrogens with zero attached hydrogens (tertiary/aromatic N) is 1. The van der Waals surface area contributed by atoms with Gasteiger partial charge in [0.05, 0.1) is 6.04 Å². The van der Waals surface area contributed by atoms with E-state index in [1.54, 1.807) is 20.8 Å². The summed E-state index contributed by atoms with van der Waals surface area (Å²) in [7, 11) is 1.53. The van der Waals surface area contributed by atoms with E-state index in [9.17, 15) is 14.4 Å². The molecule has 8 heteroatoms. The molecular formula is C25H39N3O5. The van der Waals surface area contributed by atoms with Crippen LogP contribution in [-0.2, 0) is 36.8 Å². The average molecular weight is 462 g/mol. The van der Waals surface area contributed by atoms with Gasteiger partial charge in [0.15, 0.2) is 0 Å². The summed E-state index contributed by atoms with van der Waals surface area (Å²) in [5, 5.41) is 2.81. The van der Waals surface area contributed by atoms with Crippen LogP contribution in [0.4, 0.5) is 0 Å². The Morgan fingerprint density at radius 2 is 1.73 bits per heavy atom. The highest BCUT2D eigenvalue weighted by Gasteiger charge is 2.40. The fourth-order valence-corrected chi connectivity index (χ4v) is 3.66. The molecule has 1 aliphatic rings. The first-order valence-corrected chi connectivity index (χ1v) is 11.4. The lowest BCUT2D eigenvalue weighted by Gasteiger charge is -2.40. The summed E-state index contributed by atoms with van der Waals surface area (Å²) in [5.41, 5.74) is 7.10. The van der Waals surface area contributed by atoms with Crippen LogP contribution < -0.4 is 11.1 Å². The van der Waals surface area contributed by atoms with Gasteiger partial charge in [-0.25, -0.2) is 4.79 Å². The maximum atomic E-state index is 13.4. The Kier molecular flexibility index (Phi) is 8.65. The summed E-state index contributed by atoms with van der Waals surface area (Å²) < 4.78 is 10.6. The van der Waals surface area contributed by atoms with E-state index in [1.165, 1.54) is 12.0 Å². The molecule has 2 amide bonds. The fraction of sp³-hybridized carbons (Fsp3) is 0.640. The zero-order chi connectivity index (χ0) is 25.0. The van der Waals surface area contributed by atoms with Gasteiger partial charge < -0.3 is 25.4 Å². The quantitative estimate of drug-likeness (QED) is 0.602. The van der Waals surface area contributed by atoms with Gasteiger partial charge in [0.25, 0.3) is 0 Å². The zero-order valence-electron chi connectivity index (χ0n) is 20.9. The monoisotopic (exact) mass is 461 g/mol. The lowest BCUT2D eigenvalue weighted by Crippen LogP contribution is -2.60. The van der Waals surface area contributed by atoms with Crippen LogP contribution in [0.1, 0.15) is 59.1 Å². The van der Waals surface area contributed by atoms with Crippen LogP contribution in [-0.4, -0.2) is 60.1 Å². The van der Waals surface area contributed by atoms with Gasteiger partial charge >= 0.3 is 5.97 Å². The fourth-order valence-electron chi connectivity index (χ4n) is 3.66. The molecule has 8 nitrogen and oxygen atoms in total. The molecule has 1 aliphatic heterocycles. The molecule has 1 aromatic rings. The second-order valence-electron chi connectivity index (χ2n) is 10.7. The van der Waals surface area contributed by atoms with Crippen molar-refractivity contribution >= 4 is 17.8 Å². The van der Waals surface area contributed by atoms with Crippen molar-refractivity contribution in [2.75, 3.05) is 13.7 Å². The van der Waals surface area contributed by atoms with Gasteiger partial charge in [0, 0.05) is 33.1 Å². The number of benzene rings is 1. The summed E-state index contributed by atoms with van der Waals surface area (Å²) in [6.07, 6.45) is 0.603. The Morgan fingerprint density at radius 1 is 1.12 bits per heavy atom. The summed E-state index contributed by atoms with van der Waals surface area (Å²) in [5.74, 6) is -1.23. The van der Waals surface area contributed by atoms with Crippen molar-refractivity contribution in [1.29, 1.82) is 0 Å². The number of hydrogen-bond donors (Lipinski definition) is 2. The highest BCUT2D eigenvalue weighted by atomic mass is 16.6. The molecule has 0 bridgehead atoms. The molecule has 0 saturated heterocycles. The Labute approximate surface area is 197 Å². The van der Waals surface area contributed by atoms with E-state index < -0.39 is 41.0 Å². The zero-order valence-corrected chi connectivity index (χ0v) is 20.9. The largest absolute Gasteiger partial charge is 0.458 e. The third-order valence-corrected chi connectivity index (χ3v) is 5.65. The SMILES string of the molecule is COCC[C@H](NC(=O)[C@@H]1Cc2ccccc2CN1C(=O)[C@@H](N)C(C)(C)C)C(=O)OC(C)(C)C. The molecule has 1 aromatic carbocycles. The second kappa shape index (κ2) is 10.7. The molecular weight excluding hydrogens is 422 g/mol. The van der Waals surface area contributed by atoms with Gasteiger partial charge in [-0.15, -0.1) is 0 Å². The third kappa shape index (κ3) is 7.27. The number of esters is 1. The Balaban J connectivity index is 2.32. The van der Waals surface area contributed by atoms with Crippen molar-refractivity contribution in [3.63, 3.8) is 0 Å². The number of methoxy groups -OCH3 is 1. The molecule has 0 radical (unpaired) electrons. The Hall–Kier alpha value is -2.45. The lowest BCUT2D eigenvalue weighted by molar-refractivity contribution is -0.159. The number of carbonyl (C=O) groups excluding carboxylic acids is 3. The molecule has 0 aromatic heterocycles. The number of carbonyl (C=O) groups is 3. The molecule has 33 heavy (non-hydrogen) atoms. The first-order chi connectivity index (χ1) is 15.2. The normalized spacial score (nSPS) is 18.2. The molecule has 0 spiro atoms. The van der Waals surface area contributed by atoms with Gasteiger partial charge in [0.2, 0.25) is 11.8 Å². The van der Waals surface area contributed by atoms with Crippen molar-refractivity contribution in [2.45, 2.75) is 84.7 Å². The molecule has 2 rings (SSSR count). The number of fused-ring (bicyclic) bond motifs is 1. The highest BCUT2D eigenvalue weighted by Crippen LogP contribution is 2.27. The van der Waals surface area contributed by atoms with Crippen molar-refractivity contribution in [1.82, 2.24) is 10.2 Å². The van der Waals surface area contributed by atoms with Crippen molar-refractivity contribution in [3.05, 3.63) is 35.4 Å². The molecule has 0 aliphatic carbocycles. The topological polar surface area (TPSA) is 111 Å². The maximum absolute atomic E-state index is 13.4. The van der Waals surface area contributed by atoms with E-state index in [0.717, 1.165) is 11.1 Å². The van der Waals surface area contributed by atoms with E-state index in [-0.39, 0.29) is 25.5 Å². The second-order valence-corrected chi connectivity index (χ2v) is 10.7. The minimum atomic E-state index is -0.887. The summed E-state index contributed by atoms with van der Waals surface area (Å²) in [4.78, 5) is 41.1. The molecule has 184 valence electrons. The minimum Gasteiger partial charge on any atom is -0.458 e. The first kappa shape index (κ1) is 26.8. The first-order valence-electron chi connectivity index (χ1n) is 11.4. The van der Waals surface area contributed by atoms with Gasteiger partial charge in [0.1, 0.15) is 17.7 Å². The third-order valence-electron chi connectivity index (χ3n) is 5.65. The van der Waals surface area contributed by atoms with Crippen LogP contribution in [0.15, 0.2) is 24.3 Å². The van der Waals surface area contributed by atoms with E-state index in [2.05, 4.69) is 5.32 Å². The van der Waals surface area contributed by atoms with Gasteiger partial charge in [-0.05, 0) is 37.3 Å². The molecule has 0 saturated carbocycles. The van der Waals surface area contributed by atoms with Crippen molar-refractivity contribution < 1.29 is 23.9 Å². The molecule has 3 N–H and O–H groups in total. The number of nitrogens with two attached hydrogens (primary N) is 1. The summed E-state index contributed by atoms with van der Waals surface area (Å²) in [6.45, 7) is 11.6. The van der Waals surface area contributed by atoms with Crippen LogP contribution in [0.3, 0.4) is 0 Å². The lowest BCUT2D eigenvalue weighted by atomic mass is 9.85. The average Bonchev–Trinajstić information content (AvgIpc) is 2.72. The molecule has 0 fully saturated rings. The Bertz CT molecular complexity index is 856. The van der Waals surface area contributed by atoms with Gasteiger partial charge in [-0.3, -0.25) is 9.59 Å². The molecule has 0 unspecified atom stereocenters. The van der Waals surface area contributed by atoms with E-state index >= 15 is 0 Å². The number of rotatable bonds is 7. The van der Waals surface area contributed by atoms with Crippen molar-refractivity contribution in [2.24, 2.45) is 11.1 Å². The standard InChI is InChI=1S/C25H39N3O5/c1-24(2,3)20(26)22(30)28-15-17-11-9-8-10-16(17)14-19(28)21(29)27-18(12-13-32-7)23(31)33-25(4,5)6/h8-11,18-20H,12-15,26H2,1-7H3,(H,27,29)/t18-,19-,20+/m0/s1. The number of nitrogens with one attached hydrogen (secondary N) is 1. The van der Waals surface area contributed by atoms with Gasteiger partial charge in [-0.1, -0.05) is 45.0 Å². The van der Waals surface area contributed by atoms with E-state index in [1.807, 2.05) is 45.0 Å². The summed E-state index contributed by atoms with van der Waals surface area (Å²) in [6, 6.07) is 5.29. The minimum absolute atomic E-state index is 0.260. The predicted octanol–water partition coefficient (Wildman–Crippen LogP) is 2.18. The van der Waals surface area contributed by atoms with Crippen molar-refractivity contribution in [3.8, 4) is 0 Å². The van der Waals surface area contributed by atoms with Crippen LogP contribution >= 0.6 is 0 Å². The van der Waals surface area contributed by atoms with Crippen LogP contribution in [0.5, 0.6) is 0 Å². The predicted molar refractivity (Wildman–Crippen MR) is 126 cm³/mol. The Morgan fingerprint density at radius 3 is 2.27 bits per heavy atom. The summed E-state index contributed by atoms with van der Waals surface area (Å²) >= 11 is 0. The van der Waals surface area contributed by atoms with E-state index in [4.69, 9.17) is 15.2 Å². The number of hydrogen-bond acceptors (Lipinski definition) is 6. The number of amides is 2. The maximum Gasteiger partial charge on any atom is 0.329 e. The smallest absolute Gasteiger partial charge is 0.329 e. The van der Waals surface area contributed by atoms with Crippen LogP contribution in [0, 0.1) is 5.41 Å². The van der Waals surface area contributed by atoms with Crippen LogP contribution in [0.25, 0.3) is 0 Å². The molecule has 3 atom stereocenters. The highest BCUT2D eigenvalue weighted by molar-refractivity contribution is 5.93. The van der Waals surface area contributed by atoms with Gasteiger partial charge in [-0.2, -0.15) is 0 Å². The van der Waals surface area contributed by atoms with E-state index in [0.29, 0.717) is 6.42 Å².